The Morgan fingerprint density at radius 3 is 1.24 bits per heavy atom. The van der Waals surface area contributed by atoms with Crippen molar-refractivity contribution in [1.29, 1.82) is 0 Å². The summed E-state index contributed by atoms with van der Waals surface area (Å²) in [6.07, 6.45) is 0. The second-order valence-electron chi connectivity index (χ2n) is 6.25. The van der Waals surface area contributed by atoms with E-state index in [0.717, 1.165) is 0 Å². The summed E-state index contributed by atoms with van der Waals surface area (Å²) in [5, 5.41) is 0. The molecule has 0 amide bonds. The number of phosphoric ester groups is 2. The fraction of sp³-hybridized carbons (Fsp3) is 0.500. The van der Waals surface area contributed by atoms with Crippen molar-refractivity contribution in [2.45, 2.75) is 20.8 Å². The summed E-state index contributed by atoms with van der Waals surface area (Å²) in [7, 11) is -9.81. The summed E-state index contributed by atoms with van der Waals surface area (Å²) in [6, 6.07) is 0. The molecule has 1 atom stereocenters. The third-order valence-corrected chi connectivity index (χ3v) is 6.08. The number of hydrogen-bond donors (Lipinski definition) is 1. The van der Waals surface area contributed by atoms with Gasteiger partial charge in [0.05, 0.1) is 19.8 Å². The highest BCUT2D eigenvalue weighted by molar-refractivity contribution is 7.61. The van der Waals surface area contributed by atoms with Crippen LogP contribution >= 0.6 is 15.6 Å². The summed E-state index contributed by atoms with van der Waals surface area (Å²) in [5.74, 6) is -2.25. The van der Waals surface area contributed by atoms with E-state index in [1.54, 1.807) is 0 Å². The summed E-state index contributed by atoms with van der Waals surface area (Å²) in [6.45, 7) is 11.3. The maximum absolute atomic E-state index is 12.7. The first-order valence-corrected chi connectivity index (χ1v) is 12.2. The summed E-state index contributed by atoms with van der Waals surface area (Å²) < 4.78 is 57.8. The second-order valence-corrected chi connectivity index (χ2v) is 9.51. The molecule has 33 heavy (non-hydrogen) atoms. The van der Waals surface area contributed by atoms with E-state index in [-0.39, 0.29) is 16.7 Å². The Morgan fingerprint density at radius 1 is 0.636 bits per heavy atom. The van der Waals surface area contributed by atoms with Crippen LogP contribution in [0.15, 0.2) is 36.5 Å². The predicted octanol–water partition coefficient (Wildman–Crippen LogP) is 2.62. The minimum absolute atomic E-state index is 0.101. The molecule has 0 aromatic heterocycles. The van der Waals surface area contributed by atoms with Gasteiger partial charge in [0.2, 0.25) is 0 Å². The largest absolute Gasteiger partial charge is 0.483 e. The lowest BCUT2D eigenvalue weighted by atomic mass is 10.4. The van der Waals surface area contributed by atoms with E-state index in [9.17, 15) is 28.4 Å². The van der Waals surface area contributed by atoms with E-state index >= 15 is 0 Å². The van der Waals surface area contributed by atoms with Crippen molar-refractivity contribution in [1.82, 2.24) is 0 Å². The second kappa shape index (κ2) is 14.9. The number of carbonyl (C=O) groups is 3. The number of esters is 3. The smallest absolute Gasteiger partial charge is 0.460 e. The Bertz CT molecular complexity index is 810. The standard InChI is InChI=1S/C18H28O13P2/c1-13(2)16(19)25-7-10-28-32(22,23)31-33(24,29-11-8-26-17(20)14(3)4)30-12-9-27-18(21)15(5)6/h1,3,5,7-12H2,2,4,6H3,(H,22,23). The Labute approximate surface area is 191 Å². The van der Waals surface area contributed by atoms with Crippen LogP contribution in [0, 0.1) is 0 Å². The third kappa shape index (κ3) is 14.6. The minimum atomic E-state index is -5.04. The zero-order chi connectivity index (χ0) is 25.7. The van der Waals surface area contributed by atoms with Crippen LogP contribution in [-0.2, 0) is 55.6 Å². The lowest BCUT2D eigenvalue weighted by Crippen LogP contribution is -2.14. The molecule has 0 radical (unpaired) electrons. The molecule has 0 saturated heterocycles. The summed E-state index contributed by atoms with van der Waals surface area (Å²) in [5.41, 5.74) is 0.306. The van der Waals surface area contributed by atoms with Crippen LogP contribution in [0.1, 0.15) is 20.8 Å². The van der Waals surface area contributed by atoms with Gasteiger partial charge in [0.15, 0.2) is 0 Å². The quantitative estimate of drug-likeness (QED) is 0.0988. The molecular formula is C18H28O13P2. The van der Waals surface area contributed by atoms with Crippen molar-refractivity contribution in [3.63, 3.8) is 0 Å². The van der Waals surface area contributed by atoms with Gasteiger partial charge in [0.1, 0.15) is 19.8 Å². The first kappa shape index (κ1) is 30.9. The van der Waals surface area contributed by atoms with Gasteiger partial charge < -0.3 is 19.1 Å². The molecular weight excluding hydrogens is 486 g/mol. The Hall–Kier alpha value is -2.11. The normalized spacial score (nSPS) is 12.8. The zero-order valence-corrected chi connectivity index (χ0v) is 20.4. The van der Waals surface area contributed by atoms with E-state index in [1.165, 1.54) is 20.8 Å². The van der Waals surface area contributed by atoms with Gasteiger partial charge in [-0.3, -0.25) is 13.6 Å². The molecule has 0 saturated carbocycles. The Morgan fingerprint density at radius 2 is 0.939 bits per heavy atom. The monoisotopic (exact) mass is 514 g/mol. The first-order valence-electron chi connectivity index (χ1n) is 9.25. The molecule has 0 aliphatic heterocycles. The van der Waals surface area contributed by atoms with E-state index in [4.69, 9.17) is 18.5 Å². The Balaban J connectivity index is 4.91. The molecule has 0 aromatic rings. The average Bonchev–Trinajstić information content (AvgIpc) is 2.70. The zero-order valence-electron chi connectivity index (χ0n) is 18.6. The van der Waals surface area contributed by atoms with Crippen LogP contribution in [0.4, 0.5) is 0 Å². The van der Waals surface area contributed by atoms with Crippen LogP contribution in [0.5, 0.6) is 0 Å². The molecule has 0 bridgehead atoms. The fourth-order valence-electron chi connectivity index (χ4n) is 1.46. The van der Waals surface area contributed by atoms with Gasteiger partial charge in [0.25, 0.3) is 0 Å². The summed E-state index contributed by atoms with van der Waals surface area (Å²) >= 11 is 0. The SMILES string of the molecule is C=C(C)C(=O)OCCOP(=O)(O)OP(=O)(OCCOC(=O)C(=C)C)OCCOC(=O)C(=C)C. The molecule has 0 aliphatic carbocycles. The van der Waals surface area contributed by atoms with E-state index in [2.05, 4.69) is 33.3 Å². The number of carbonyl (C=O) groups excluding carboxylic acids is 3. The fourth-order valence-corrected chi connectivity index (χ4v) is 4.01. The molecule has 1 unspecified atom stereocenters. The maximum atomic E-state index is 12.7. The van der Waals surface area contributed by atoms with E-state index < -0.39 is 73.2 Å². The predicted molar refractivity (Wildman–Crippen MR) is 114 cm³/mol. The number of hydrogen-bond acceptors (Lipinski definition) is 12. The molecule has 0 aromatic carbocycles. The summed E-state index contributed by atoms with van der Waals surface area (Å²) in [4.78, 5) is 43.8. The molecule has 0 spiro atoms. The maximum Gasteiger partial charge on any atom is 0.483 e. The van der Waals surface area contributed by atoms with Crippen molar-refractivity contribution >= 4 is 33.6 Å². The lowest BCUT2D eigenvalue weighted by molar-refractivity contribution is -0.140. The molecule has 0 aliphatic rings. The van der Waals surface area contributed by atoms with Crippen LogP contribution in [0.3, 0.4) is 0 Å². The molecule has 0 fully saturated rings. The van der Waals surface area contributed by atoms with Crippen LogP contribution in [-0.4, -0.2) is 62.4 Å². The van der Waals surface area contributed by atoms with Gasteiger partial charge in [-0.25, -0.2) is 23.5 Å². The minimum Gasteiger partial charge on any atom is -0.460 e. The first-order chi connectivity index (χ1) is 15.2. The van der Waals surface area contributed by atoms with Crippen LogP contribution in [0.2, 0.25) is 0 Å². The number of phosphoric acid groups is 2. The molecule has 0 heterocycles. The van der Waals surface area contributed by atoms with E-state index in [0.29, 0.717) is 0 Å². The average molecular weight is 514 g/mol. The number of ether oxygens (including phenoxy) is 3. The van der Waals surface area contributed by atoms with Crippen LogP contribution in [0.25, 0.3) is 0 Å². The Kier molecular flexibility index (Phi) is 14.0. The highest BCUT2D eigenvalue weighted by atomic mass is 31.3. The van der Waals surface area contributed by atoms with Crippen molar-refractivity contribution in [3.05, 3.63) is 36.5 Å². The van der Waals surface area contributed by atoms with Crippen LogP contribution < -0.4 is 0 Å². The van der Waals surface area contributed by atoms with Crippen molar-refractivity contribution in [3.8, 4) is 0 Å². The van der Waals surface area contributed by atoms with Crippen molar-refractivity contribution in [2.24, 2.45) is 0 Å². The highest BCUT2D eigenvalue weighted by Crippen LogP contribution is 2.63. The topological polar surface area (TPSA) is 170 Å². The van der Waals surface area contributed by atoms with Crippen molar-refractivity contribution < 1.29 is 60.5 Å². The molecule has 13 nitrogen and oxygen atoms in total. The highest BCUT2D eigenvalue weighted by Gasteiger charge is 2.38. The lowest BCUT2D eigenvalue weighted by Gasteiger charge is -2.20. The molecule has 15 heteroatoms. The molecule has 1 N–H and O–H groups in total. The third-order valence-electron chi connectivity index (χ3n) is 2.95. The molecule has 188 valence electrons. The van der Waals surface area contributed by atoms with Crippen molar-refractivity contribution in [2.75, 3.05) is 39.6 Å². The van der Waals surface area contributed by atoms with Gasteiger partial charge in [-0.05, 0) is 20.8 Å². The van der Waals surface area contributed by atoms with Gasteiger partial charge in [0, 0.05) is 16.7 Å². The van der Waals surface area contributed by atoms with Gasteiger partial charge >= 0.3 is 33.6 Å². The van der Waals surface area contributed by atoms with Gasteiger partial charge in [-0.15, -0.1) is 0 Å². The molecule has 0 rings (SSSR count). The van der Waals surface area contributed by atoms with Gasteiger partial charge in [-0.2, -0.15) is 4.31 Å². The number of rotatable bonds is 17. The van der Waals surface area contributed by atoms with Gasteiger partial charge in [-0.1, -0.05) is 19.7 Å². The van der Waals surface area contributed by atoms with E-state index in [1.807, 2.05) is 0 Å².